The van der Waals surface area contributed by atoms with Gasteiger partial charge in [-0.25, -0.2) is 13.2 Å². The van der Waals surface area contributed by atoms with Crippen molar-refractivity contribution in [3.8, 4) is 6.07 Å². The maximum absolute atomic E-state index is 12.7. The summed E-state index contributed by atoms with van der Waals surface area (Å²) in [4.78, 5) is 37.8. The first-order chi connectivity index (χ1) is 13.7. The molecular weight excluding hydrogens is 398 g/mol. The lowest BCUT2D eigenvalue weighted by Gasteiger charge is -2.29. The minimum Gasteiger partial charge on any atom is -0.449 e. The molecule has 10 heteroatoms. The molecule has 1 aliphatic heterocycles. The first kappa shape index (κ1) is 22.4. The number of hydrogen-bond acceptors (Lipinski definition) is 7. The molecule has 1 aromatic rings. The highest BCUT2D eigenvalue weighted by atomic mass is 32.2. The van der Waals surface area contributed by atoms with Crippen LogP contribution in [0.2, 0.25) is 0 Å². The van der Waals surface area contributed by atoms with Crippen LogP contribution in [0.25, 0.3) is 0 Å². The molecule has 29 heavy (non-hydrogen) atoms. The number of likely N-dealkylation sites (N-methyl/N-ethyl adjacent to an activating group) is 1. The number of hydrogen-bond donors (Lipinski definition) is 1. The summed E-state index contributed by atoms with van der Waals surface area (Å²) in [6.45, 7) is 3.51. The number of sulfone groups is 1. The van der Waals surface area contributed by atoms with Gasteiger partial charge in [0.15, 0.2) is 15.9 Å². The second-order valence-electron chi connectivity index (χ2n) is 6.69. The summed E-state index contributed by atoms with van der Waals surface area (Å²) in [7, 11) is -3.14. The molecule has 2 atom stereocenters. The van der Waals surface area contributed by atoms with Crippen molar-refractivity contribution in [2.24, 2.45) is 0 Å². The molecule has 2 amide bonds. The van der Waals surface area contributed by atoms with E-state index < -0.39 is 39.8 Å². The van der Waals surface area contributed by atoms with Crippen LogP contribution in [0.1, 0.15) is 37.0 Å². The van der Waals surface area contributed by atoms with Crippen molar-refractivity contribution in [2.45, 2.75) is 38.8 Å². The molecular formula is C19H23N3O6S. The highest BCUT2D eigenvalue weighted by molar-refractivity contribution is 7.91. The number of carbonyl (C=O) groups excluding carboxylic acids is 3. The number of amides is 2. The fraction of sp³-hybridized carbons (Fsp3) is 0.474. The smallest absolute Gasteiger partial charge is 0.338 e. The monoisotopic (exact) mass is 421 g/mol. The Morgan fingerprint density at radius 3 is 2.48 bits per heavy atom. The van der Waals surface area contributed by atoms with Crippen LogP contribution in [0.5, 0.6) is 0 Å². The summed E-state index contributed by atoms with van der Waals surface area (Å²) >= 11 is 0. The fourth-order valence-electron chi connectivity index (χ4n) is 3.09. The van der Waals surface area contributed by atoms with E-state index in [2.05, 4.69) is 5.32 Å². The van der Waals surface area contributed by atoms with E-state index in [9.17, 15) is 22.8 Å². The van der Waals surface area contributed by atoms with Crippen LogP contribution >= 0.6 is 0 Å². The van der Waals surface area contributed by atoms with Gasteiger partial charge in [-0.2, -0.15) is 5.26 Å². The van der Waals surface area contributed by atoms with E-state index >= 15 is 0 Å². The molecule has 1 aromatic carbocycles. The highest BCUT2D eigenvalue weighted by Crippen LogP contribution is 2.19. The third-order valence-corrected chi connectivity index (χ3v) is 6.30. The number of benzene rings is 1. The molecule has 0 spiro atoms. The summed E-state index contributed by atoms with van der Waals surface area (Å²) < 4.78 is 28.6. The number of nitrogens with one attached hydrogen (secondary N) is 1. The molecule has 156 valence electrons. The number of nitriles is 1. The minimum atomic E-state index is -3.14. The largest absolute Gasteiger partial charge is 0.449 e. The molecule has 9 nitrogen and oxygen atoms in total. The van der Waals surface area contributed by atoms with Gasteiger partial charge in [-0.3, -0.25) is 9.59 Å². The molecule has 0 aromatic heterocycles. The maximum atomic E-state index is 12.7. The Bertz CT molecular complexity index is 920. The van der Waals surface area contributed by atoms with Gasteiger partial charge in [0.2, 0.25) is 5.91 Å². The van der Waals surface area contributed by atoms with E-state index in [1.54, 1.807) is 13.0 Å². The van der Waals surface area contributed by atoms with Crippen LogP contribution < -0.4 is 5.32 Å². The molecule has 1 saturated heterocycles. The van der Waals surface area contributed by atoms with E-state index in [4.69, 9.17) is 10.00 Å². The lowest BCUT2D eigenvalue weighted by Crippen LogP contribution is -2.46. The third-order valence-electron chi connectivity index (χ3n) is 4.55. The van der Waals surface area contributed by atoms with Gasteiger partial charge in [-0.1, -0.05) is 0 Å². The number of ether oxygens (including phenoxy) is 1. The Morgan fingerprint density at radius 1 is 1.31 bits per heavy atom. The molecule has 0 radical (unpaired) electrons. The molecule has 0 bridgehead atoms. The average Bonchev–Trinajstić information content (AvgIpc) is 3.02. The Kier molecular flexibility index (Phi) is 7.34. The van der Waals surface area contributed by atoms with Gasteiger partial charge in [-0.05, 0) is 44.5 Å². The highest BCUT2D eigenvalue weighted by Gasteiger charge is 2.36. The van der Waals surface area contributed by atoms with Crippen LogP contribution in [0.4, 0.5) is 5.69 Å². The van der Waals surface area contributed by atoms with Gasteiger partial charge in [0.05, 0.1) is 23.1 Å². The van der Waals surface area contributed by atoms with Crippen molar-refractivity contribution in [3.05, 3.63) is 29.8 Å². The normalized spacial score (nSPS) is 18.3. The predicted octanol–water partition coefficient (Wildman–Crippen LogP) is 1.12. The number of anilines is 1. The zero-order valence-corrected chi connectivity index (χ0v) is 17.1. The lowest BCUT2D eigenvalue weighted by molar-refractivity contribution is -0.141. The summed E-state index contributed by atoms with van der Waals surface area (Å²) in [5.41, 5.74) is 0.611. The zero-order valence-electron chi connectivity index (χ0n) is 16.3. The maximum Gasteiger partial charge on any atom is 0.338 e. The third kappa shape index (κ3) is 6.02. The topological polar surface area (TPSA) is 134 Å². The number of esters is 1. The number of carbonyl (C=O) groups is 3. The second kappa shape index (κ2) is 9.52. The Labute approximate surface area is 169 Å². The minimum absolute atomic E-state index is 0.0485. The van der Waals surface area contributed by atoms with Crippen LogP contribution in [-0.4, -0.2) is 61.3 Å². The molecule has 0 unspecified atom stereocenters. The first-order valence-electron chi connectivity index (χ1n) is 9.15. The standard InChI is InChI=1S/C19H23N3O6S/c1-3-22(16-9-11-29(26,27)12-16)18(24)13(2)28-19(25)14-4-6-15(7-5-14)21-17(23)8-10-20/h4-7,13,16H,3,8-9,11-12H2,1-2H3,(H,21,23)/t13-,16+/m1/s1. The molecule has 0 aliphatic carbocycles. The number of nitrogens with zero attached hydrogens (tertiary/aromatic N) is 2. The van der Waals surface area contributed by atoms with Gasteiger partial charge in [0.1, 0.15) is 6.42 Å². The van der Waals surface area contributed by atoms with Crippen LogP contribution in [0.3, 0.4) is 0 Å². The van der Waals surface area contributed by atoms with Gasteiger partial charge in [-0.15, -0.1) is 0 Å². The summed E-state index contributed by atoms with van der Waals surface area (Å²) in [6, 6.07) is 7.16. The van der Waals surface area contributed by atoms with Crippen LogP contribution in [-0.2, 0) is 24.2 Å². The second-order valence-corrected chi connectivity index (χ2v) is 8.92. The van der Waals surface area contributed by atoms with E-state index in [0.717, 1.165) is 0 Å². The Morgan fingerprint density at radius 2 is 1.97 bits per heavy atom. The van der Waals surface area contributed by atoms with Crippen molar-refractivity contribution < 1.29 is 27.5 Å². The molecule has 1 fully saturated rings. The van der Waals surface area contributed by atoms with Gasteiger partial charge in [0, 0.05) is 18.3 Å². The SMILES string of the molecule is CCN(C(=O)[C@@H](C)OC(=O)c1ccc(NC(=O)CC#N)cc1)[C@H]1CCS(=O)(=O)C1. The van der Waals surface area contributed by atoms with Gasteiger partial charge >= 0.3 is 5.97 Å². The lowest BCUT2D eigenvalue weighted by atomic mass is 10.2. The average molecular weight is 421 g/mol. The summed E-state index contributed by atoms with van der Waals surface area (Å²) in [5.74, 6) is -1.64. The van der Waals surface area contributed by atoms with Gasteiger partial charge < -0.3 is 15.0 Å². The van der Waals surface area contributed by atoms with Crippen LogP contribution in [0.15, 0.2) is 24.3 Å². The van der Waals surface area contributed by atoms with Crippen molar-refractivity contribution in [1.82, 2.24) is 4.90 Å². The molecule has 0 saturated carbocycles. The molecule has 2 rings (SSSR count). The Hall–Kier alpha value is -2.93. The van der Waals surface area contributed by atoms with Gasteiger partial charge in [0.25, 0.3) is 5.91 Å². The van der Waals surface area contributed by atoms with E-state index in [-0.39, 0.29) is 23.5 Å². The molecule has 1 heterocycles. The zero-order chi connectivity index (χ0) is 21.6. The van der Waals surface area contributed by atoms with Crippen LogP contribution in [0, 0.1) is 11.3 Å². The first-order valence-corrected chi connectivity index (χ1v) is 11.0. The molecule has 1 N–H and O–H groups in total. The summed E-state index contributed by atoms with van der Waals surface area (Å²) in [6.07, 6.45) is -0.970. The van der Waals surface area contributed by atoms with Crippen molar-refractivity contribution in [3.63, 3.8) is 0 Å². The molecule has 1 aliphatic rings. The van der Waals surface area contributed by atoms with E-state index in [1.165, 1.54) is 36.1 Å². The van der Waals surface area contributed by atoms with Crippen molar-refractivity contribution >= 4 is 33.3 Å². The quantitative estimate of drug-likeness (QED) is 0.652. The Balaban J connectivity index is 1.97. The summed E-state index contributed by atoms with van der Waals surface area (Å²) in [5, 5.41) is 11.0. The van der Waals surface area contributed by atoms with E-state index in [1.807, 2.05) is 0 Å². The fourth-order valence-corrected chi connectivity index (χ4v) is 4.83. The van der Waals surface area contributed by atoms with Crippen molar-refractivity contribution in [2.75, 3.05) is 23.4 Å². The predicted molar refractivity (Wildman–Crippen MR) is 105 cm³/mol. The number of rotatable bonds is 7. The van der Waals surface area contributed by atoms with E-state index in [0.29, 0.717) is 18.7 Å². The van der Waals surface area contributed by atoms with Crippen molar-refractivity contribution in [1.29, 1.82) is 5.26 Å².